The highest BCUT2D eigenvalue weighted by Gasteiger charge is 2.24. The molecular weight excluding hydrogens is 270 g/mol. The molecule has 21 heavy (non-hydrogen) atoms. The number of hydrogen-bond acceptors (Lipinski definition) is 4. The smallest absolute Gasteiger partial charge is 0.253 e. The molecule has 0 saturated carbocycles. The molecule has 1 aromatic carbocycles. The number of ether oxygens (including phenoxy) is 1. The van der Waals surface area contributed by atoms with Crippen LogP contribution in [0.5, 0.6) is 0 Å². The van der Waals surface area contributed by atoms with Crippen LogP contribution in [0.2, 0.25) is 0 Å². The molecule has 0 spiro atoms. The highest BCUT2D eigenvalue weighted by Crippen LogP contribution is 2.15. The molecule has 1 aromatic rings. The van der Waals surface area contributed by atoms with Crippen LogP contribution in [-0.2, 0) is 9.53 Å². The van der Waals surface area contributed by atoms with Gasteiger partial charge in [0.25, 0.3) is 5.91 Å². The number of anilines is 1. The standard InChI is InChI=1S/C15H21N3O3/c1-11-9-12(3-4-13(11)16)15(20)18-7-5-17(6-8-18)14(19)10-21-2/h3-4,9H,5-8,10,16H2,1-2H3. The molecule has 114 valence electrons. The lowest BCUT2D eigenvalue weighted by molar-refractivity contribution is -0.136. The molecule has 1 aliphatic rings. The summed E-state index contributed by atoms with van der Waals surface area (Å²) in [5.41, 5.74) is 7.98. The molecule has 0 aliphatic carbocycles. The second kappa shape index (κ2) is 6.58. The molecule has 6 heteroatoms. The van der Waals surface area contributed by atoms with Gasteiger partial charge in [-0.15, -0.1) is 0 Å². The van der Waals surface area contributed by atoms with Crippen LogP contribution < -0.4 is 5.73 Å². The summed E-state index contributed by atoms with van der Waals surface area (Å²) in [6, 6.07) is 5.30. The molecule has 1 aliphatic heterocycles. The number of methoxy groups -OCH3 is 1. The largest absolute Gasteiger partial charge is 0.399 e. The van der Waals surface area contributed by atoms with E-state index in [1.165, 1.54) is 7.11 Å². The predicted octanol–water partition coefficient (Wildman–Crippen LogP) is 0.508. The molecule has 1 fully saturated rings. The van der Waals surface area contributed by atoms with Gasteiger partial charge in [0, 0.05) is 44.5 Å². The summed E-state index contributed by atoms with van der Waals surface area (Å²) in [6.07, 6.45) is 0. The van der Waals surface area contributed by atoms with Gasteiger partial charge in [0.1, 0.15) is 6.61 Å². The fraction of sp³-hybridized carbons (Fsp3) is 0.467. The third kappa shape index (κ3) is 3.52. The molecular formula is C15H21N3O3. The van der Waals surface area contributed by atoms with Gasteiger partial charge in [-0.05, 0) is 30.7 Å². The van der Waals surface area contributed by atoms with Gasteiger partial charge in [0.15, 0.2) is 0 Å². The van der Waals surface area contributed by atoms with Crippen molar-refractivity contribution in [3.05, 3.63) is 29.3 Å². The summed E-state index contributed by atoms with van der Waals surface area (Å²) in [5.74, 6) is -0.0510. The minimum absolute atomic E-state index is 0.0167. The van der Waals surface area contributed by atoms with Crippen LogP contribution in [0.1, 0.15) is 15.9 Å². The zero-order valence-electron chi connectivity index (χ0n) is 12.5. The first-order valence-corrected chi connectivity index (χ1v) is 6.95. The van der Waals surface area contributed by atoms with Crippen molar-refractivity contribution in [3.63, 3.8) is 0 Å². The third-order valence-corrected chi connectivity index (χ3v) is 3.70. The van der Waals surface area contributed by atoms with Gasteiger partial charge < -0.3 is 20.3 Å². The molecule has 0 radical (unpaired) electrons. The van der Waals surface area contributed by atoms with Crippen LogP contribution in [-0.4, -0.2) is 61.5 Å². The number of carbonyl (C=O) groups is 2. The van der Waals surface area contributed by atoms with E-state index in [1.54, 1.807) is 28.0 Å². The van der Waals surface area contributed by atoms with Crippen LogP contribution >= 0.6 is 0 Å². The Morgan fingerprint density at radius 2 is 1.81 bits per heavy atom. The highest BCUT2D eigenvalue weighted by molar-refractivity contribution is 5.95. The zero-order chi connectivity index (χ0) is 15.4. The van der Waals surface area contributed by atoms with E-state index in [0.717, 1.165) is 5.56 Å². The van der Waals surface area contributed by atoms with Crippen LogP contribution in [0, 0.1) is 6.92 Å². The van der Waals surface area contributed by atoms with Crippen molar-refractivity contribution >= 4 is 17.5 Å². The normalized spacial score (nSPS) is 15.1. The van der Waals surface area contributed by atoms with Crippen LogP contribution in [0.4, 0.5) is 5.69 Å². The van der Waals surface area contributed by atoms with Crippen LogP contribution in [0.3, 0.4) is 0 Å². The van der Waals surface area contributed by atoms with E-state index < -0.39 is 0 Å². The summed E-state index contributed by atoms with van der Waals surface area (Å²) in [6.45, 7) is 4.14. The maximum Gasteiger partial charge on any atom is 0.253 e. The molecule has 0 atom stereocenters. The topological polar surface area (TPSA) is 75.9 Å². The lowest BCUT2D eigenvalue weighted by Crippen LogP contribution is -2.51. The van der Waals surface area contributed by atoms with Gasteiger partial charge in [-0.3, -0.25) is 9.59 Å². The van der Waals surface area contributed by atoms with Gasteiger partial charge in [-0.2, -0.15) is 0 Å². The molecule has 0 bridgehead atoms. The Balaban J connectivity index is 1.97. The lowest BCUT2D eigenvalue weighted by Gasteiger charge is -2.34. The average molecular weight is 291 g/mol. The number of rotatable bonds is 3. The van der Waals surface area contributed by atoms with E-state index in [-0.39, 0.29) is 18.4 Å². The second-order valence-electron chi connectivity index (χ2n) is 5.18. The number of nitrogens with zero attached hydrogens (tertiary/aromatic N) is 2. The predicted molar refractivity (Wildman–Crippen MR) is 80.0 cm³/mol. The Hall–Kier alpha value is -2.08. The Morgan fingerprint density at radius 1 is 1.19 bits per heavy atom. The average Bonchev–Trinajstić information content (AvgIpc) is 2.50. The van der Waals surface area contributed by atoms with Crippen molar-refractivity contribution < 1.29 is 14.3 Å². The first kappa shape index (κ1) is 15.3. The minimum Gasteiger partial charge on any atom is -0.399 e. The lowest BCUT2D eigenvalue weighted by atomic mass is 10.1. The molecule has 0 unspecified atom stereocenters. The third-order valence-electron chi connectivity index (χ3n) is 3.70. The van der Waals surface area contributed by atoms with E-state index in [0.29, 0.717) is 37.4 Å². The number of carbonyl (C=O) groups excluding carboxylic acids is 2. The summed E-state index contributed by atoms with van der Waals surface area (Å²) in [5, 5.41) is 0. The van der Waals surface area contributed by atoms with Crippen molar-refractivity contribution in [2.24, 2.45) is 0 Å². The monoisotopic (exact) mass is 291 g/mol. The van der Waals surface area contributed by atoms with Gasteiger partial charge in [-0.1, -0.05) is 0 Å². The van der Waals surface area contributed by atoms with Crippen LogP contribution in [0.15, 0.2) is 18.2 Å². The quantitative estimate of drug-likeness (QED) is 0.823. The van der Waals surface area contributed by atoms with E-state index in [2.05, 4.69) is 0 Å². The minimum atomic E-state index is -0.0343. The molecule has 2 rings (SSSR count). The molecule has 0 aromatic heterocycles. The summed E-state index contributed by atoms with van der Waals surface area (Å²) in [7, 11) is 1.50. The van der Waals surface area contributed by atoms with E-state index in [1.807, 2.05) is 6.92 Å². The van der Waals surface area contributed by atoms with Crippen molar-refractivity contribution in [3.8, 4) is 0 Å². The number of piperazine rings is 1. The summed E-state index contributed by atoms with van der Waals surface area (Å²) in [4.78, 5) is 27.6. The fourth-order valence-electron chi connectivity index (χ4n) is 2.37. The number of amides is 2. The van der Waals surface area contributed by atoms with Gasteiger partial charge in [0.2, 0.25) is 5.91 Å². The van der Waals surface area contributed by atoms with Crippen molar-refractivity contribution in [2.75, 3.05) is 45.6 Å². The number of nitrogens with two attached hydrogens (primary N) is 1. The van der Waals surface area contributed by atoms with E-state index in [4.69, 9.17) is 10.5 Å². The Morgan fingerprint density at radius 3 is 2.38 bits per heavy atom. The Kier molecular flexibility index (Phi) is 4.80. The molecule has 1 heterocycles. The number of aryl methyl sites for hydroxylation is 1. The fourth-order valence-corrected chi connectivity index (χ4v) is 2.37. The number of hydrogen-bond donors (Lipinski definition) is 1. The van der Waals surface area contributed by atoms with Crippen molar-refractivity contribution in [1.29, 1.82) is 0 Å². The SMILES string of the molecule is COCC(=O)N1CCN(C(=O)c2ccc(N)c(C)c2)CC1. The van der Waals surface area contributed by atoms with Gasteiger partial charge in [-0.25, -0.2) is 0 Å². The molecule has 1 saturated heterocycles. The van der Waals surface area contributed by atoms with Gasteiger partial charge >= 0.3 is 0 Å². The zero-order valence-corrected chi connectivity index (χ0v) is 12.5. The highest BCUT2D eigenvalue weighted by atomic mass is 16.5. The molecule has 6 nitrogen and oxygen atoms in total. The number of nitrogen functional groups attached to an aromatic ring is 1. The Labute approximate surface area is 124 Å². The van der Waals surface area contributed by atoms with Crippen molar-refractivity contribution in [2.45, 2.75) is 6.92 Å². The van der Waals surface area contributed by atoms with E-state index >= 15 is 0 Å². The van der Waals surface area contributed by atoms with Gasteiger partial charge in [0.05, 0.1) is 0 Å². The van der Waals surface area contributed by atoms with Crippen LogP contribution in [0.25, 0.3) is 0 Å². The summed E-state index contributed by atoms with van der Waals surface area (Å²) < 4.78 is 4.84. The first-order chi connectivity index (χ1) is 10.0. The Bertz CT molecular complexity index is 537. The van der Waals surface area contributed by atoms with Crippen molar-refractivity contribution in [1.82, 2.24) is 9.80 Å². The maximum absolute atomic E-state index is 12.4. The number of benzene rings is 1. The molecule has 2 N–H and O–H groups in total. The summed E-state index contributed by atoms with van der Waals surface area (Å²) >= 11 is 0. The second-order valence-corrected chi connectivity index (χ2v) is 5.18. The van der Waals surface area contributed by atoms with E-state index in [9.17, 15) is 9.59 Å². The first-order valence-electron chi connectivity index (χ1n) is 6.95. The maximum atomic E-state index is 12.4. The molecule has 2 amide bonds.